The van der Waals surface area contributed by atoms with Gasteiger partial charge in [0.05, 0.1) is 6.61 Å². The summed E-state index contributed by atoms with van der Waals surface area (Å²) in [6, 6.07) is 24.1. The molecule has 4 rings (SSSR count). The van der Waals surface area contributed by atoms with Gasteiger partial charge in [0, 0.05) is 36.6 Å². The largest absolute Gasteiger partial charge is 0.494 e. The Balaban J connectivity index is 1.66. The highest BCUT2D eigenvalue weighted by Gasteiger charge is 2.53. The third-order valence-corrected chi connectivity index (χ3v) is 7.27. The number of amides is 1. The molecule has 0 fully saturated rings. The summed E-state index contributed by atoms with van der Waals surface area (Å²) in [5.41, 5.74) is 0.237. The van der Waals surface area contributed by atoms with E-state index < -0.39 is 23.2 Å². The van der Waals surface area contributed by atoms with Crippen LogP contribution in [0.2, 0.25) is 5.02 Å². The maximum absolute atomic E-state index is 14.2. The highest BCUT2D eigenvalue weighted by Crippen LogP contribution is 2.43. The van der Waals surface area contributed by atoms with Crippen LogP contribution >= 0.6 is 11.6 Å². The van der Waals surface area contributed by atoms with Gasteiger partial charge in [-0.25, -0.2) is 4.99 Å². The van der Waals surface area contributed by atoms with Gasteiger partial charge >= 0.3 is 5.97 Å². The van der Waals surface area contributed by atoms with Gasteiger partial charge < -0.3 is 24.6 Å². The molecule has 0 aromatic heterocycles. The Labute approximate surface area is 258 Å². The minimum Gasteiger partial charge on any atom is -0.494 e. The second-order valence-corrected chi connectivity index (χ2v) is 11.8. The first kappa shape index (κ1) is 32.0. The van der Waals surface area contributed by atoms with E-state index in [1.54, 1.807) is 32.9 Å². The Morgan fingerprint density at radius 1 is 1.02 bits per heavy atom. The quantitative estimate of drug-likeness (QED) is 0.187. The number of hydrogen-bond donors (Lipinski definition) is 2. The molecule has 3 aromatic carbocycles. The molecule has 0 aliphatic carbocycles. The van der Waals surface area contributed by atoms with E-state index in [0.717, 1.165) is 11.1 Å². The Morgan fingerprint density at radius 3 is 2.40 bits per heavy atom. The first-order chi connectivity index (χ1) is 20.6. The van der Waals surface area contributed by atoms with Crippen LogP contribution in [-0.4, -0.2) is 53.8 Å². The lowest BCUT2D eigenvalue weighted by molar-refractivity contribution is -0.155. The fraction of sp³-hybridized carbons (Fsp3) is 0.382. The van der Waals surface area contributed by atoms with Crippen LogP contribution < -0.4 is 10.1 Å². The molecule has 8 nitrogen and oxygen atoms in total. The summed E-state index contributed by atoms with van der Waals surface area (Å²) in [4.78, 5) is 32.0. The number of halogens is 1. The van der Waals surface area contributed by atoms with Crippen molar-refractivity contribution in [3.63, 3.8) is 0 Å². The Kier molecular flexibility index (Phi) is 10.8. The third kappa shape index (κ3) is 8.58. The minimum atomic E-state index is -1.44. The Hall–Kier alpha value is -3.88. The second-order valence-electron chi connectivity index (χ2n) is 11.4. The minimum absolute atomic E-state index is 0.0314. The second kappa shape index (κ2) is 14.5. The topological polar surface area (TPSA) is 106 Å². The molecule has 2 N–H and O–H groups in total. The van der Waals surface area contributed by atoms with E-state index in [-0.39, 0.29) is 25.4 Å². The van der Waals surface area contributed by atoms with E-state index in [9.17, 15) is 9.59 Å². The molecule has 0 saturated heterocycles. The molecule has 9 heteroatoms. The zero-order valence-electron chi connectivity index (χ0n) is 24.8. The first-order valence-corrected chi connectivity index (χ1v) is 14.9. The van der Waals surface area contributed by atoms with Gasteiger partial charge in [-0.1, -0.05) is 60.1 Å². The molecule has 1 heterocycles. The molecule has 0 radical (unpaired) electrons. The van der Waals surface area contributed by atoms with Crippen molar-refractivity contribution in [3.8, 4) is 5.75 Å². The maximum Gasteiger partial charge on any atom is 0.306 e. The zero-order chi connectivity index (χ0) is 30.9. The molecular weight excluding hydrogens is 568 g/mol. The standard InChI is InChI=1S/C34H39ClN2O6/c1-33(2,3)43-29(39)18-20-34(32(40)36-21-19-24-10-7-8-13-28(24)35)30(25-11-5-4-6-12-25)42-31(37-34)26-14-16-27(17-15-26)41-23-9-22-38/h4-8,10-17,30,38H,9,18-23H2,1-3H3,(H,36,40)/t30-,34-/m1/s1. The van der Waals surface area contributed by atoms with Crippen LogP contribution in [0.25, 0.3) is 0 Å². The van der Waals surface area contributed by atoms with E-state index in [2.05, 4.69) is 5.32 Å². The summed E-state index contributed by atoms with van der Waals surface area (Å²) in [6.45, 7) is 6.19. The van der Waals surface area contributed by atoms with Crippen LogP contribution in [0.3, 0.4) is 0 Å². The van der Waals surface area contributed by atoms with Crippen molar-refractivity contribution >= 4 is 29.4 Å². The average molecular weight is 607 g/mol. The monoisotopic (exact) mass is 606 g/mol. The molecule has 0 bridgehead atoms. The van der Waals surface area contributed by atoms with Gasteiger partial charge in [-0.2, -0.15) is 0 Å². The van der Waals surface area contributed by atoms with Gasteiger partial charge in [0.2, 0.25) is 5.90 Å². The van der Waals surface area contributed by atoms with Crippen LogP contribution in [0, 0.1) is 0 Å². The van der Waals surface area contributed by atoms with E-state index >= 15 is 0 Å². The normalized spacial score (nSPS) is 18.0. The van der Waals surface area contributed by atoms with Crippen molar-refractivity contribution < 1.29 is 28.9 Å². The third-order valence-electron chi connectivity index (χ3n) is 6.90. The van der Waals surface area contributed by atoms with E-state index in [1.165, 1.54) is 0 Å². The van der Waals surface area contributed by atoms with Crippen LogP contribution in [0.5, 0.6) is 5.75 Å². The van der Waals surface area contributed by atoms with Crippen molar-refractivity contribution in [1.82, 2.24) is 5.32 Å². The number of benzene rings is 3. The summed E-state index contributed by atoms with van der Waals surface area (Å²) in [5.74, 6) is 0.164. The first-order valence-electron chi connectivity index (χ1n) is 14.5. The van der Waals surface area contributed by atoms with E-state index in [1.807, 2.05) is 66.7 Å². The number of hydrogen-bond acceptors (Lipinski definition) is 7. The predicted octanol–water partition coefficient (Wildman–Crippen LogP) is 5.84. The number of aliphatic hydroxyl groups is 1. The number of nitrogens with one attached hydrogen (secondary N) is 1. The summed E-state index contributed by atoms with van der Waals surface area (Å²) in [6.07, 6.45) is 0.314. The number of aliphatic hydroxyl groups excluding tert-OH is 1. The SMILES string of the molecule is CC(C)(C)OC(=O)CC[C@@]1(C(=O)NCCc2ccccc2Cl)N=C(c2ccc(OCCCO)cc2)O[C@@H]1c1ccccc1. The van der Waals surface area contributed by atoms with Gasteiger partial charge in [-0.15, -0.1) is 0 Å². The molecule has 1 amide bonds. The average Bonchev–Trinajstić information content (AvgIpc) is 3.38. The summed E-state index contributed by atoms with van der Waals surface area (Å²) in [5, 5.41) is 12.7. The molecule has 228 valence electrons. The fourth-order valence-electron chi connectivity index (χ4n) is 4.85. The zero-order valence-corrected chi connectivity index (χ0v) is 25.6. The number of ether oxygens (including phenoxy) is 3. The van der Waals surface area contributed by atoms with Gasteiger partial charge in [-0.05, 0) is 75.1 Å². The molecule has 3 aromatic rings. The number of esters is 1. The molecule has 1 aliphatic heterocycles. The highest BCUT2D eigenvalue weighted by molar-refractivity contribution is 6.31. The van der Waals surface area contributed by atoms with Gasteiger partial charge in [0.1, 0.15) is 11.4 Å². The van der Waals surface area contributed by atoms with Crippen molar-refractivity contribution in [2.75, 3.05) is 19.8 Å². The fourth-order valence-corrected chi connectivity index (χ4v) is 5.08. The molecule has 0 spiro atoms. The van der Waals surface area contributed by atoms with Crippen LogP contribution in [0.1, 0.15) is 62.8 Å². The molecular formula is C34H39ClN2O6. The molecule has 0 unspecified atom stereocenters. The number of aliphatic imine (C=N–C) groups is 1. The van der Waals surface area contributed by atoms with E-state index in [4.69, 9.17) is 35.9 Å². The number of carbonyl (C=O) groups excluding carboxylic acids is 2. The summed E-state index contributed by atoms with van der Waals surface area (Å²) < 4.78 is 17.7. The van der Waals surface area contributed by atoms with Gasteiger partial charge in [0.15, 0.2) is 11.6 Å². The van der Waals surface area contributed by atoms with E-state index in [0.29, 0.717) is 48.2 Å². The number of carbonyl (C=O) groups is 2. The van der Waals surface area contributed by atoms with Gasteiger partial charge in [0.25, 0.3) is 5.91 Å². The molecule has 1 aliphatic rings. The molecule has 2 atom stereocenters. The molecule has 0 saturated carbocycles. The maximum atomic E-state index is 14.2. The summed E-state index contributed by atoms with van der Waals surface area (Å²) >= 11 is 6.34. The van der Waals surface area contributed by atoms with Crippen LogP contribution in [0.4, 0.5) is 0 Å². The van der Waals surface area contributed by atoms with Crippen molar-refractivity contribution in [1.29, 1.82) is 0 Å². The smallest absolute Gasteiger partial charge is 0.306 e. The Morgan fingerprint density at radius 2 is 1.72 bits per heavy atom. The lowest BCUT2D eigenvalue weighted by Crippen LogP contribution is -2.49. The van der Waals surface area contributed by atoms with Gasteiger partial charge in [-0.3, -0.25) is 9.59 Å². The van der Waals surface area contributed by atoms with Crippen molar-refractivity contribution in [2.45, 2.75) is 63.7 Å². The predicted molar refractivity (Wildman–Crippen MR) is 166 cm³/mol. The number of rotatable bonds is 13. The summed E-state index contributed by atoms with van der Waals surface area (Å²) in [7, 11) is 0. The molecule has 43 heavy (non-hydrogen) atoms. The van der Waals surface area contributed by atoms with Crippen molar-refractivity contribution in [2.24, 2.45) is 4.99 Å². The lowest BCUT2D eigenvalue weighted by Gasteiger charge is -2.31. The number of nitrogens with zero attached hydrogens (tertiary/aromatic N) is 1. The van der Waals surface area contributed by atoms with Crippen LogP contribution in [0.15, 0.2) is 83.9 Å². The van der Waals surface area contributed by atoms with Crippen molar-refractivity contribution in [3.05, 3.63) is 101 Å². The highest BCUT2D eigenvalue weighted by atomic mass is 35.5. The lowest BCUT2D eigenvalue weighted by atomic mass is 9.83. The Bertz CT molecular complexity index is 1400. The van der Waals surface area contributed by atoms with Crippen LogP contribution in [-0.2, 0) is 25.5 Å².